The second-order valence-electron chi connectivity index (χ2n) is 12.1. The molecule has 266 valence electrons. The van der Waals surface area contributed by atoms with Crippen LogP contribution < -0.4 is 15.4 Å². The highest BCUT2D eigenvalue weighted by molar-refractivity contribution is 6.24. The number of alkyl halides is 6. The lowest BCUT2D eigenvalue weighted by atomic mass is 9.72. The van der Waals surface area contributed by atoms with Gasteiger partial charge in [-0.3, -0.25) is 14.6 Å². The van der Waals surface area contributed by atoms with Gasteiger partial charge in [0, 0.05) is 24.7 Å². The van der Waals surface area contributed by atoms with E-state index in [1.165, 1.54) is 24.2 Å². The van der Waals surface area contributed by atoms with E-state index in [2.05, 4.69) is 20.6 Å². The maximum atomic E-state index is 15.3. The number of carbonyl (C=O) groups is 2. The molecule has 18 heteroatoms. The second kappa shape index (κ2) is 12.8. The number of hydrazine groups is 1. The van der Waals surface area contributed by atoms with Crippen LogP contribution in [0.1, 0.15) is 42.5 Å². The van der Waals surface area contributed by atoms with E-state index in [0.717, 1.165) is 11.1 Å². The number of amides is 2. The summed E-state index contributed by atoms with van der Waals surface area (Å²) in [4.78, 5) is 34.4. The number of aromatic nitrogens is 2. The number of ether oxygens (including phenoxy) is 1. The van der Waals surface area contributed by atoms with E-state index in [1.54, 1.807) is 0 Å². The lowest BCUT2D eigenvalue weighted by molar-refractivity contribution is -0.172. The van der Waals surface area contributed by atoms with Crippen LogP contribution in [0, 0.1) is 11.6 Å². The molecule has 3 N–H and O–H groups in total. The first-order valence-corrected chi connectivity index (χ1v) is 15.3. The summed E-state index contributed by atoms with van der Waals surface area (Å²) in [5.74, 6) is -6.07. The Morgan fingerprint density at radius 3 is 2.42 bits per heavy atom. The Hall–Kier alpha value is -4.84. The molecule has 3 aromatic rings. The number of carbonyl (C=O) groups excluding carboxylic acids is 2. The van der Waals surface area contributed by atoms with E-state index in [1.807, 2.05) is 0 Å². The van der Waals surface area contributed by atoms with E-state index in [-0.39, 0.29) is 30.3 Å². The molecule has 0 radical (unpaired) electrons. The lowest BCUT2D eigenvalue weighted by Crippen LogP contribution is -2.65. The van der Waals surface area contributed by atoms with Crippen molar-refractivity contribution in [3.8, 4) is 17.0 Å². The number of likely N-dealkylation sites (N-methyl/N-ethyl adjacent to an activating group) is 1. The first-order chi connectivity index (χ1) is 23.5. The molecule has 10 nitrogen and oxygen atoms in total. The van der Waals surface area contributed by atoms with Crippen molar-refractivity contribution in [1.29, 1.82) is 0 Å². The first-order valence-electron chi connectivity index (χ1n) is 15.3. The Bertz CT molecular complexity index is 1870. The number of nitrogens with zero attached hydrogens (tertiary/aromatic N) is 4. The molecule has 1 atom stereocenters. The summed E-state index contributed by atoms with van der Waals surface area (Å²) in [6.07, 6.45) is -8.19. The number of rotatable bonds is 7. The number of aliphatic hydroxyl groups excluding tert-OH is 1. The molecule has 1 aromatic heterocycles. The van der Waals surface area contributed by atoms with Gasteiger partial charge >= 0.3 is 12.4 Å². The third-order valence-corrected chi connectivity index (χ3v) is 9.10. The summed E-state index contributed by atoms with van der Waals surface area (Å²) < 4.78 is 117. The summed E-state index contributed by atoms with van der Waals surface area (Å²) in [5.41, 5.74) is -6.89. The summed E-state index contributed by atoms with van der Waals surface area (Å²) in [7, 11) is 1.42. The van der Waals surface area contributed by atoms with Crippen LogP contribution in [0.5, 0.6) is 5.75 Å². The predicted molar refractivity (Wildman–Crippen MR) is 159 cm³/mol. The van der Waals surface area contributed by atoms with Gasteiger partial charge in [-0.15, -0.1) is 0 Å². The van der Waals surface area contributed by atoms with Crippen molar-refractivity contribution in [2.24, 2.45) is 0 Å². The maximum Gasteiger partial charge on any atom is 0.433 e. The van der Waals surface area contributed by atoms with Crippen LogP contribution in [-0.4, -0.2) is 68.7 Å². The van der Waals surface area contributed by atoms with Crippen LogP contribution in [0.25, 0.3) is 11.3 Å². The largest absolute Gasteiger partial charge is 0.509 e. The van der Waals surface area contributed by atoms with Crippen LogP contribution in [0.2, 0.25) is 0 Å². The van der Waals surface area contributed by atoms with Gasteiger partial charge in [-0.1, -0.05) is 6.07 Å². The van der Waals surface area contributed by atoms with Gasteiger partial charge in [-0.25, -0.2) is 19.4 Å². The molecular weight excluding hydrogens is 684 g/mol. The third-order valence-electron chi connectivity index (χ3n) is 9.10. The molecule has 3 heterocycles. The molecular formula is C32H28F8N6O4. The number of aliphatic hydroxyl groups is 1. The average molecular weight is 713 g/mol. The zero-order valence-electron chi connectivity index (χ0n) is 26.1. The number of benzene rings is 2. The van der Waals surface area contributed by atoms with Crippen LogP contribution in [-0.2, 0) is 28.5 Å². The molecule has 2 aliphatic heterocycles. The minimum Gasteiger partial charge on any atom is -0.509 e. The average Bonchev–Trinajstić information content (AvgIpc) is 3.54. The molecule has 1 saturated heterocycles. The van der Waals surface area contributed by atoms with E-state index in [9.17, 15) is 41.0 Å². The van der Waals surface area contributed by atoms with E-state index in [4.69, 9.17) is 4.74 Å². The zero-order chi connectivity index (χ0) is 36.2. The van der Waals surface area contributed by atoms with E-state index >= 15 is 8.78 Å². The standard InChI is InChI=1S/C32H28F8N6O4/c1-45-30(8-2-9-30)27(47)24(29(49)46(45)14-16-3-6-22(26(34)25(16)33)50-18-7-10-41-13-18)28(48)44-20-5-4-17(31(35,36)37)11-19(20)21-12-23(32(38,39)40)43-15-42-21/h3-6,11-12,15,18,41,47H,2,7-10,13-14H2,1H3,(H,44,48)/t18-/m1/s1. The molecule has 3 aliphatic rings. The van der Waals surface area contributed by atoms with Gasteiger partial charge < -0.3 is 20.5 Å². The Morgan fingerprint density at radius 2 is 1.80 bits per heavy atom. The fourth-order valence-electron chi connectivity index (χ4n) is 6.18. The van der Waals surface area contributed by atoms with Crippen molar-refractivity contribution >= 4 is 17.5 Å². The Labute approximate surface area is 278 Å². The first kappa shape index (κ1) is 35.0. The van der Waals surface area contributed by atoms with Crippen molar-refractivity contribution in [2.75, 3.05) is 25.5 Å². The molecule has 1 aliphatic carbocycles. The summed E-state index contributed by atoms with van der Waals surface area (Å²) in [6, 6.07) is 4.61. The van der Waals surface area contributed by atoms with Crippen molar-refractivity contribution in [3.63, 3.8) is 0 Å². The topological polar surface area (TPSA) is 120 Å². The Kier molecular flexibility index (Phi) is 8.96. The molecule has 0 unspecified atom stereocenters. The number of anilines is 1. The van der Waals surface area contributed by atoms with Crippen molar-refractivity contribution in [1.82, 2.24) is 25.3 Å². The second-order valence-corrected chi connectivity index (χ2v) is 12.1. The number of halogens is 8. The molecule has 1 saturated carbocycles. The van der Waals surface area contributed by atoms with Gasteiger partial charge in [0.15, 0.2) is 11.6 Å². The SMILES string of the molecule is CN1N(Cc2ccc(O[C@@H]3CCNC3)c(F)c2F)C(=O)C(C(=O)Nc2ccc(C(F)(F)F)cc2-c2cc(C(F)(F)F)ncn2)=C(O)C12CCC2. The van der Waals surface area contributed by atoms with E-state index < -0.39 is 87.4 Å². The molecule has 2 fully saturated rings. The Balaban J connectivity index is 1.34. The van der Waals surface area contributed by atoms with Crippen LogP contribution in [0.3, 0.4) is 0 Å². The summed E-state index contributed by atoms with van der Waals surface area (Å²) in [5, 5.41) is 18.9. The van der Waals surface area contributed by atoms with Gasteiger partial charge in [0.1, 0.15) is 29.5 Å². The molecule has 2 amide bonds. The molecule has 50 heavy (non-hydrogen) atoms. The van der Waals surface area contributed by atoms with Crippen LogP contribution in [0.15, 0.2) is 54.1 Å². The van der Waals surface area contributed by atoms with Crippen molar-refractivity contribution in [2.45, 2.75) is 56.2 Å². The predicted octanol–water partition coefficient (Wildman–Crippen LogP) is 5.76. The minimum atomic E-state index is -4.98. The van der Waals surface area contributed by atoms with Crippen molar-refractivity contribution < 1.29 is 54.6 Å². The molecule has 2 aromatic carbocycles. The number of nitrogens with one attached hydrogen (secondary N) is 2. The van der Waals surface area contributed by atoms with E-state index in [0.29, 0.717) is 50.5 Å². The highest BCUT2D eigenvalue weighted by Crippen LogP contribution is 2.47. The number of hydrogen-bond donors (Lipinski definition) is 3. The van der Waals surface area contributed by atoms with Gasteiger partial charge in [-0.05, 0) is 62.6 Å². The van der Waals surface area contributed by atoms with Gasteiger partial charge in [-0.2, -0.15) is 30.7 Å². The van der Waals surface area contributed by atoms with Crippen LogP contribution in [0.4, 0.5) is 40.8 Å². The lowest BCUT2D eigenvalue weighted by Gasteiger charge is -2.54. The highest BCUT2D eigenvalue weighted by atomic mass is 19.4. The fraction of sp³-hybridized carbons (Fsp3) is 0.375. The van der Waals surface area contributed by atoms with Gasteiger partial charge in [0.25, 0.3) is 11.8 Å². The maximum absolute atomic E-state index is 15.3. The molecule has 1 spiro atoms. The summed E-state index contributed by atoms with van der Waals surface area (Å²) >= 11 is 0. The summed E-state index contributed by atoms with van der Waals surface area (Å²) in [6.45, 7) is 0.496. The number of hydrogen-bond acceptors (Lipinski definition) is 8. The minimum absolute atomic E-state index is 0.238. The third kappa shape index (κ3) is 6.32. The Morgan fingerprint density at radius 1 is 1.06 bits per heavy atom. The van der Waals surface area contributed by atoms with Crippen molar-refractivity contribution in [3.05, 3.63) is 82.5 Å². The fourth-order valence-corrected chi connectivity index (χ4v) is 6.18. The molecule has 0 bridgehead atoms. The van der Waals surface area contributed by atoms with Crippen LogP contribution >= 0.6 is 0 Å². The monoisotopic (exact) mass is 712 g/mol. The smallest absolute Gasteiger partial charge is 0.433 e. The van der Waals surface area contributed by atoms with Gasteiger partial charge in [0.2, 0.25) is 5.82 Å². The highest BCUT2D eigenvalue weighted by Gasteiger charge is 2.55. The molecule has 6 rings (SSSR count). The van der Waals surface area contributed by atoms with Gasteiger partial charge in [0.05, 0.1) is 29.0 Å². The zero-order valence-corrected chi connectivity index (χ0v) is 26.1. The quantitative estimate of drug-likeness (QED) is 0.209. The normalized spacial score (nSPS) is 19.6.